The zero-order valence-electron chi connectivity index (χ0n) is 10.5. The summed E-state index contributed by atoms with van der Waals surface area (Å²) in [7, 11) is 1.32. The van der Waals surface area contributed by atoms with Gasteiger partial charge in [-0.2, -0.15) is 0 Å². The Hall–Kier alpha value is -1.98. The van der Waals surface area contributed by atoms with E-state index in [0.717, 1.165) is 16.5 Å². The smallest absolute Gasteiger partial charge is 0.351 e. The summed E-state index contributed by atoms with van der Waals surface area (Å²) in [5.74, 6) is -0.475. The minimum atomic E-state index is -0.475. The van der Waals surface area contributed by atoms with Crippen LogP contribution in [0.1, 0.15) is 9.67 Å². The predicted molar refractivity (Wildman–Crippen MR) is 79.2 cm³/mol. The molecule has 0 fully saturated rings. The van der Waals surface area contributed by atoms with E-state index in [1.807, 2.05) is 30.3 Å². The molecule has 0 unspecified atom stereocenters. The molecule has 2 aromatic heterocycles. The van der Waals surface area contributed by atoms with Gasteiger partial charge in [0.1, 0.15) is 5.01 Å². The lowest BCUT2D eigenvalue weighted by molar-refractivity contribution is 0.0606. The molecule has 4 nitrogen and oxygen atoms in total. The van der Waals surface area contributed by atoms with E-state index in [4.69, 9.17) is 11.6 Å². The summed E-state index contributed by atoms with van der Waals surface area (Å²) in [4.78, 5) is 20.5. The number of nitrogens with zero attached hydrogens (tertiary/aromatic N) is 2. The molecular weight excluding hydrogens is 296 g/mol. The van der Waals surface area contributed by atoms with Crippen LogP contribution in [0.4, 0.5) is 0 Å². The fraction of sp³-hybridized carbons (Fsp3) is 0.0714. The van der Waals surface area contributed by atoms with E-state index in [1.54, 1.807) is 6.20 Å². The minimum absolute atomic E-state index is 0.165. The molecule has 3 rings (SSSR count). The van der Waals surface area contributed by atoms with Crippen molar-refractivity contribution >= 4 is 39.8 Å². The first-order valence-electron chi connectivity index (χ1n) is 5.79. The topological polar surface area (TPSA) is 52.1 Å². The van der Waals surface area contributed by atoms with Crippen LogP contribution in [0.15, 0.2) is 36.5 Å². The van der Waals surface area contributed by atoms with E-state index < -0.39 is 5.97 Å². The number of esters is 1. The number of fused-ring (bicyclic) bond motifs is 1. The van der Waals surface area contributed by atoms with Gasteiger partial charge in [-0.3, -0.25) is 4.98 Å². The van der Waals surface area contributed by atoms with E-state index in [-0.39, 0.29) is 5.15 Å². The molecule has 0 saturated carbocycles. The van der Waals surface area contributed by atoms with Crippen LogP contribution < -0.4 is 0 Å². The van der Waals surface area contributed by atoms with Gasteiger partial charge >= 0.3 is 5.97 Å². The second-order valence-corrected chi connectivity index (χ2v) is 5.36. The minimum Gasteiger partial charge on any atom is -0.465 e. The zero-order valence-corrected chi connectivity index (χ0v) is 12.0. The van der Waals surface area contributed by atoms with Crippen LogP contribution in [-0.2, 0) is 4.74 Å². The molecule has 0 atom stereocenters. The van der Waals surface area contributed by atoms with Crippen LogP contribution >= 0.6 is 22.9 Å². The van der Waals surface area contributed by atoms with Gasteiger partial charge in [0, 0.05) is 17.1 Å². The molecule has 2 heterocycles. The van der Waals surface area contributed by atoms with Gasteiger partial charge in [0.15, 0.2) is 10.0 Å². The van der Waals surface area contributed by atoms with Crippen LogP contribution in [-0.4, -0.2) is 23.0 Å². The number of rotatable bonds is 2. The van der Waals surface area contributed by atoms with Crippen molar-refractivity contribution in [2.45, 2.75) is 0 Å². The molecule has 1 aromatic carbocycles. The first kappa shape index (κ1) is 13.0. The SMILES string of the molecule is COC(=O)c1sc(-c2cccc3ncccc23)nc1Cl. The lowest BCUT2D eigenvalue weighted by atomic mass is 10.1. The number of carbonyl (C=O) groups is 1. The molecule has 0 saturated heterocycles. The zero-order chi connectivity index (χ0) is 14.1. The van der Waals surface area contributed by atoms with Crippen molar-refractivity contribution in [2.75, 3.05) is 7.11 Å². The van der Waals surface area contributed by atoms with E-state index in [1.165, 1.54) is 18.4 Å². The Morgan fingerprint density at radius 2 is 2.15 bits per heavy atom. The highest BCUT2D eigenvalue weighted by Crippen LogP contribution is 2.34. The third-order valence-corrected chi connectivity index (χ3v) is 4.29. The molecule has 0 aliphatic carbocycles. The molecule has 0 amide bonds. The summed E-state index contributed by atoms with van der Waals surface area (Å²) in [6.45, 7) is 0. The molecule has 0 aliphatic heterocycles. The average Bonchev–Trinajstić information content (AvgIpc) is 2.87. The summed E-state index contributed by atoms with van der Waals surface area (Å²) in [6.07, 6.45) is 1.74. The summed E-state index contributed by atoms with van der Waals surface area (Å²) in [5, 5.41) is 1.81. The van der Waals surface area contributed by atoms with Crippen LogP contribution in [0.2, 0.25) is 5.15 Å². The lowest BCUT2D eigenvalue weighted by Gasteiger charge is -2.01. The van der Waals surface area contributed by atoms with Crippen LogP contribution in [0.5, 0.6) is 0 Å². The standard InChI is InChI=1S/C14H9ClN2O2S/c1-19-14(18)11-12(15)17-13(20-11)9-4-2-6-10-8(9)5-3-7-16-10/h2-7H,1H3. The highest BCUT2D eigenvalue weighted by Gasteiger charge is 2.19. The van der Waals surface area contributed by atoms with Gasteiger partial charge in [0.25, 0.3) is 0 Å². The van der Waals surface area contributed by atoms with Gasteiger partial charge in [0.05, 0.1) is 12.6 Å². The second kappa shape index (κ2) is 5.19. The number of hydrogen-bond donors (Lipinski definition) is 0. The number of hydrogen-bond acceptors (Lipinski definition) is 5. The molecule has 0 radical (unpaired) electrons. The monoisotopic (exact) mass is 304 g/mol. The third-order valence-electron chi connectivity index (χ3n) is 2.83. The Kier molecular flexibility index (Phi) is 3.38. The van der Waals surface area contributed by atoms with Crippen molar-refractivity contribution in [1.29, 1.82) is 0 Å². The number of halogens is 1. The summed E-state index contributed by atoms with van der Waals surface area (Å²) >= 11 is 7.22. The highest BCUT2D eigenvalue weighted by atomic mass is 35.5. The molecule has 0 spiro atoms. The predicted octanol–water partition coefficient (Wildman–Crippen LogP) is 3.80. The Labute approximate surface area is 124 Å². The third kappa shape index (κ3) is 2.15. The van der Waals surface area contributed by atoms with E-state index >= 15 is 0 Å². The number of thiazole rings is 1. The Balaban J connectivity index is 2.19. The van der Waals surface area contributed by atoms with E-state index in [9.17, 15) is 4.79 Å². The number of ether oxygens (including phenoxy) is 1. The molecular formula is C14H9ClN2O2S. The largest absolute Gasteiger partial charge is 0.465 e. The van der Waals surface area contributed by atoms with Crippen molar-refractivity contribution in [3.8, 4) is 10.6 Å². The molecule has 20 heavy (non-hydrogen) atoms. The molecule has 0 aliphatic rings. The maximum atomic E-state index is 11.6. The number of aromatic nitrogens is 2. The molecule has 0 bridgehead atoms. The molecule has 3 aromatic rings. The molecule has 100 valence electrons. The second-order valence-electron chi connectivity index (χ2n) is 4.01. The van der Waals surface area contributed by atoms with Crippen LogP contribution in [0.25, 0.3) is 21.5 Å². The van der Waals surface area contributed by atoms with Gasteiger partial charge < -0.3 is 4.74 Å². The van der Waals surface area contributed by atoms with E-state index in [0.29, 0.717) is 9.88 Å². The van der Waals surface area contributed by atoms with Gasteiger partial charge in [-0.1, -0.05) is 29.8 Å². The molecule has 6 heteroatoms. The van der Waals surface area contributed by atoms with Gasteiger partial charge in [0.2, 0.25) is 0 Å². The van der Waals surface area contributed by atoms with Crippen molar-refractivity contribution in [3.63, 3.8) is 0 Å². The quantitative estimate of drug-likeness (QED) is 0.676. The van der Waals surface area contributed by atoms with Gasteiger partial charge in [-0.15, -0.1) is 11.3 Å². The Bertz CT molecular complexity index is 795. The maximum absolute atomic E-state index is 11.6. The van der Waals surface area contributed by atoms with Crippen molar-refractivity contribution in [3.05, 3.63) is 46.6 Å². The summed E-state index contributed by atoms with van der Waals surface area (Å²) in [6, 6.07) is 9.58. The fourth-order valence-electron chi connectivity index (χ4n) is 1.93. The normalized spacial score (nSPS) is 10.7. The number of carbonyl (C=O) groups excluding carboxylic acids is 1. The summed E-state index contributed by atoms with van der Waals surface area (Å²) < 4.78 is 4.69. The first-order chi connectivity index (χ1) is 9.70. The number of methoxy groups -OCH3 is 1. The maximum Gasteiger partial charge on any atom is 0.351 e. The fourth-order valence-corrected chi connectivity index (χ4v) is 3.17. The number of pyridine rings is 1. The highest BCUT2D eigenvalue weighted by molar-refractivity contribution is 7.17. The van der Waals surface area contributed by atoms with E-state index in [2.05, 4.69) is 14.7 Å². The summed E-state index contributed by atoms with van der Waals surface area (Å²) in [5.41, 5.74) is 1.77. The number of benzene rings is 1. The average molecular weight is 305 g/mol. The first-order valence-corrected chi connectivity index (χ1v) is 6.99. The Morgan fingerprint density at radius 1 is 1.30 bits per heavy atom. The van der Waals surface area contributed by atoms with Crippen LogP contribution in [0, 0.1) is 0 Å². The van der Waals surface area contributed by atoms with Crippen molar-refractivity contribution < 1.29 is 9.53 Å². The van der Waals surface area contributed by atoms with Crippen molar-refractivity contribution in [2.24, 2.45) is 0 Å². The van der Waals surface area contributed by atoms with Gasteiger partial charge in [-0.05, 0) is 12.1 Å². The van der Waals surface area contributed by atoms with Crippen LogP contribution in [0.3, 0.4) is 0 Å². The lowest BCUT2D eigenvalue weighted by Crippen LogP contribution is -1.98. The molecule has 0 N–H and O–H groups in total. The Morgan fingerprint density at radius 3 is 2.95 bits per heavy atom. The van der Waals surface area contributed by atoms with Crippen molar-refractivity contribution in [1.82, 2.24) is 9.97 Å². The van der Waals surface area contributed by atoms with Gasteiger partial charge in [-0.25, -0.2) is 9.78 Å².